The summed E-state index contributed by atoms with van der Waals surface area (Å²) in [6.45, 7) is 4.33. The smallest absolute Gasteiger partial charge is 0.406 e. The first-order chi connectivity index (χ1) is 12.2. The van der Waals surface area contributed by atoms with Gasteiger partial charge in [0.05, 0.1) is 19.1 Å². The average Bonchev–Trinajstić information content (AvgIpc) is 2.54. The molecular weight excluding hydrogens is 347 g/mol. The van der Waals surface area contributed by atoms with Crippen molar-refractivity contribution in [3.8, 4) is 5.75 Å². The molecule has 4 nitrogen and oxygen atoms in total. The lowest BCUT2D eigenvalue weighted by Crippen LogP contribution is -2.17. The number of carbonyl (C=O) groups excluding carboxylic acids is 1. The van der Waals surface area contributed by atoms with Crippen molar-refractivity contribution in [2.24, 2.45) is 0 Å². The van der Waals surface area contributed by atoms with E-state index in [1.165, 1.54) is 24.3 Å². The molecule has 0 aromatic heterocycles. The summed E-state index contributed by atoms with van der Waals surface area (Å²) in [5.41, 5.74) is 2.15. The monoisotopic (exact) mass is 367 g/mol. The number of amides is 1. The van der Waals surface area contributed by atoms with E-state index in [-0.39, 0.29) is 24.2 Å². The van der Waals surface area contributed by atoms with Gasteiger partial charge in [-0.2, -0.15) is 0 Å². The van der Waals surface area contributed by atoms with Crippen LogP contribution in [0.5, 0.6) is 5.75 Å². The Morgan fingerprint density at radius 1 is 1.08 bits per heavy atom. The zero-order valence-corrected chi connectivity index (χ0v) is 14.5. The number of ether oxygens (including phenoxy) is 2. The number of hydrogen-bond donors (Lipinski definition) is 1. The number of rotatable bonds is 7. The SMILES string of the molecule is CC(C)OCc1cccc(NC(=O)Cc2ccc(OC(F)(F)F)cc2)c1. The van der Waals surface area contributed by atoms with Gasteiger partial charge in [-0.15, -0.1) is 13.2 Å². The summed E-state index contributed by atoms with van der Waals surface area (Å²) >= 11 is 0. The van der Waals surface area contributed by atoms with Gasteiger partial charge in [-0.1, -0.05) is 24.3 Å². The van der Waals surface area contributed by atoms with Gasteiger partial charge < -0.3 is 14.8 Å². The third-order valence-corrected chi connectivity index (χ3v) is 3.32. The molecule has 0 radical (unpaired) electrons. The van der Waals surface area contributed by atoms with Gasteiger partial charge in [0.2, 0.25) is 5.91 Å². The molecule has 0 unspecified atom stereocenters. The first kappa shape index (κ1) is 19.8. The Kier molecular flexibility index (Phi) is 6.63. The van der Waals surface area contributed by atoms with E-state index >= 15 is 0 Å². The van der Waals surface area contributed by atoms with Crippen molar-refractivity contribution >= 4 is 11.6 Å². The number of hydrogen-bond acceptors (Lipinski definition) is 3. The fraction of sp³-hybridized carbons (Fsp3) is 0.316. The van der Waals surface area contributed by atoms with Crippen LogP contribution in [0, 0.1) is 0 Å². The highest BCUT2D eigenvalue weighted by Crippen LogP contribution is 2.23. The molecule has 0 heterocycles. The maximum Gasteiger partial charge on any atom is 0.573 e. The van der Waals surface area contributed by atoms with Crippen LogP contribution in [-0.2, 0) is 22.6 Å². The number of benzene rings is 2. The van der Waals surface area contributed by atoms with Gasteiger partial charge in [0.15, 0.2) is 0 Å². The van der Waals surface area contributed by atoms with E-state index in [0.29, 0.717) is 17.9 Å². The summed E-state index contributed by atoms with van der Waals surface area (Å²) in [6.07, 6.45) is -4.58. The summed E-state index contributed by atoms with van der Waals surface area (Å²) in [5.74, 6) is -0.587. The second-order valence-corrected chi connectivity index (χ2v) is 5.98. The number of alkyl halides is 3. The molecule has 2 aromatic rings. The summed E-state index contributed by atoms with van der Waals surface area (Å²) in [7, 11) is 0. The number of carbonyl (C=O) groups is 1. The Balaban J connectivity index is 1.91. The lowest BCUT2D eigenvalue weighted by atomic mass is 10.1. The van der Waals surface area contributed by atoms with Crippen LogP contribution in [0.3, 0.4) is 0 Å². The highest BCUT2D eigenvalue weighted by molar-refractivity contribution is 5.92. The Hall–Kier alpha value is -2.54. The maximum atomic E-state index is 12.1. The molecule has 0 fully saturated rings. The molecule has 0 saturated carbocycles. The van der Waals surface area contributed by atoms with Crippen molar-refractivity contribution in [1.29, 1.82) is 0 Å². The maximum absolute atomic E-state index is 12.1. The van der Waals surface area contributed by atoms with E-state index in [0.717, 1.165) is 5.56 Å². The standard InChI is InChI=1S/C19H20F3NO3/c1-13(2)25-12-15-4-3-5-16(10-15)23-18(24)11-14-6-8-17(9-7-14)26-19(20,21)22/h3-10,13H,11-12H2,1-2H3,(H,23,24). The van der Waals surface area contributed by atoms with Crippen LogP contribution in [0.25, 0.3) is 0 Å². The van der Waals surface area contributed by atoms with Crippen molar-refractivity contribution in [2.45, 2.75) is 39.3 Å². The second-order valence-electron chi connectivity index (χ2n) is 5.98. The van der Waals surface area contributed by atoms with Crippen molar-refractivity contribution < 1.29 is 27.4 Å². The van der Waals surface area contributed by atoms with Crippen molar-refractivity contribution in [1.82, 2.24) is 0 Å². The van der Waals surface area contributed by atoms with E-state index in [9.17, 15) is 18.0 Å². The third kappa shape index (κ3) is 7.14. The van der Waals surface area contributed by atoms with Crippen LogP contribution in [0.15, 0.2) is 48.5 Å². The Morgan fingerprint density at radius 3 is 2.38 bits per heavy atom. The van der Waals surface area contributed by atoms with E-state index in [1.807, 2.05) is 32.0 Å². The van der Waals surface area contributed by atoms with E-state index < -0.39 is 6.36 Å². The lowest BCUT2D eigenvalue weighted by Gasteiger charge is -2.11. The Labute approximate surface area is 149 Å². The summed E-state index contributed by atoms with van der Waals surface area (Å²) in [6, 6.07) is 12.5. The minimum atomic E-state index is -4.73. The number of halogens is 3. The molecule has 26 heavy (non-hydrogen) atoms. The van der Waals surface area contributed by atoms with Crippen LogP contribution in [0.4, 0.5) is 18.9 Å². The molecule has 2 rings (SSSR count). The van der Waals surface area contributed by atoms with Crippen molar-refractivity contribution in [3.05, 3.63) is 59.7 Å². The lowest BCUT2D eigenvalue weighted by molar-refractivity contribution is -0.274. The fourth-order valence-electron chi connectivity index (χ4n) is 2.20. The molecule has 0 aliphatic rings. The van der Waals surface area contributed by atoms with Crippen molar-refractivity contribution in [3.63, 3.8) is 0 Å². The zero-order chi connectivity index (χ0) is 19.2. The van der Waals surface area contributed by atoms with E-state index in [1.54, 1.807) is 6.07 Å². The van der Waals surface area contributed by atoms with Crippen molar-refractivity contribution in [2.75, 3.05) is 5.32 Å². The zero-order valence-electron chi connectivity index (χ0n) is 14.5. The molecule has 1 N–H and O–H groups in total. The van der Waals surface area contributed by atoms with Gasteiger partial charge in [-0.05, 0) is 49.2 Å². The predicted octanol–water partition coefficient (Wildman–Crippen LogP) is 4.69. The normalized spacial score (nSPS) is 11.5. The van der Waals surface area contributed by atoms with Crippen LogP contribution in [-0.4, -0.2) is 18.4 Å². The molecular formula is C19H20F3NO3. The molecule has 0 saturated heterocycles. The van der Waals surface area contributed by atoms with Gasteiger partial charge >= 0.3 is 6.36 Å². The molecule has 2 aromatic carbocycles. The molecule has 0 aliphatic heterocycles. The van der Waals surface area contributed by atoms with Gasteiger partial charge in [-0.25, -0.2) is 0 Å². The van der Waals surface area contributed by atoms with Gasteiger partial charge in [0, 0.05) is 5.69 Å². The third-order valence-electron chi connectivity index (χ3n) is 3.32. The Bertz CT molecular complexity index is 728. The highest BCUT2D eigenvalue weighted by atomic mass is 19.4. The van der Waals surface area contributed by atoms with Crippen LogP contribution < -0.4 is 10.1 Å². The molecule has 7 heteroatoms. The largest absolute Gasteiger partial charge is 0.573 e. The topological polar surface area (TPSA) is 47.6 Å². The first-order valence-electron chi connectivity index (χ1n) is 8.06. The molecule has 140 valence electrons. The molecule has 0 bridgehead atoms. The first-order valence-corrected chi connectivity index (χ1v) is 8.06. The molecule has 0 atom stereocenters. The fourth-order valence-corrected chi connectivity index (χ4v) is 2.20. The van der Waals surface area contributed by atoms with Crippen LogP contribution in [0.2, 0.25) is 0 Å². The van der Waals surface area contributed by atoms with Gasteiger partial charge in [-0.3, -0.25) is 4.79 Å². The van der Waals surface area contributed by atoms with Crippen LogP contribution >= 0.6 is 0 Å². The molecule has 1 amide bonds. The average molecular weight is 367 g/mol. The number of anilines is 1. The number of nitrogens with one attached hydrogen (secondary N) is 1. The summed E-state index contributed by atoms with van der Waals surface area (Å²) in [5, 5.41) is 2.77. The summed E-state index contributed by atoms with van der Waals surface area (Å²) in [4.78, 5) is 12.1. The Morgan fingerprint density at radius 2 is 1.77 bits per heavy atom. The quantitative estimate of drug-likeness (QED) is 0.772. The summed E-state index contributed by atoms with van der Waals surface area (Å²) < 4.78 is 45.7. The second kappa shape index (κ2) is 8.71. The van der Waals surface area contributed by atoms with E-state index in [4.69, 9.17) is 4.74 Å². The highest BCUT2D eigenvalue weighted by Gasteiger charge is 2.30. The van der Waals surface area contributed by atoms with Gasteiger partial charge in [0.1, 0.15) is 5.75 Å². The molecule has 0 spiro atoms. The minimum absolute atomic E-state index is 0.0407. The molecule has 0 aliphatic carbocycles. The van der Waals surface area contributed by atoms with Gasteiger partial charge in [0.25, 0.3) is 0 Å². The minimum Gasteiger partial charge on any atom is -0.406 e. The van der Waals surface area contributed by atoms with E-state index in [2.05, 4.69) is 10.1 Å². The predicted molar refractivity (Wildman–Crippen MR) is 91.8 cm³/mol. The van der Waals surface area contributed by atoms with Crippen LogP contribution in [0.1, 0.15) is 25.0 Å².